The van der Waals surface area contributed by atoms with Crippen molar-refractivity contribution in [2.45, 2.75) is 12.0 Å². The molecular weight excluding hydrogens is 211 g/mol. The van der Waals surface area contributed by atoms with Crippen molar-refractivity contribution in [3.63, 3.8) is 0 Å². The van der Waals surface area contributed by atoms with Gasteiger partial charge in [0, 0.05) is 20.2 Å². The molecule has 0 aromatic carbocycles. The largest absolute Gasteiger partial charge is 0.383 e. The molecule has 2 heterocycles. The SMILES string of the molecule is COCC1(N)CCN(c2ncc(F)cn2)C1. The molecule has 1 saturated heterocycles. The predicted octanol–water partition coefficient (Wildman–Crippen LogP) is 0.170. The van der Waals surface area contributed by atoms with E-state index in [1.165, 1.54) is 0 Å². The second-order valence-corrected chi connectivity index (χ2v) is 4.17. The average Bonchev–Trinajstić information content (AvgIpc) is 2.62. The van der Waals surface area contributed by atoms with Gasteiger partial charge in [-0.05, 0) is 6.42 Å². The lowest BCUT2D eigenvalue weighted by atomic mass is 10.0. The van der Waals surface area contributed by atoms with Crippen LogP contribution < -0.4 is 10.6 Å². The first kappa shape index (κ1) is 11.2. The van der Waals surface area contributed by atoms with Gasteiger partial charge in [-0.2, -0.15) is 0 Å². The molecule has 1 aromatic rings. The van der Waals surface area contributed by atoms with Crippen molar-refractivity contribution in [2.75, 3.05) is 31.7 Å². The van der Waals surface area contributed by atoms with Gasteiger partial charge >= 0.3 is 0 Å². The number of hydrogen-bond acceptors (Lipinski definition) is 5. The molecular formula is C10H15FN4O. The van der Waals surface area contributed by atoms with E-state index >= 15 is 0 Å². The molecule has 0 bridgehead atoms. The third kappa shape index (κ3) is 2.28. The molecule has 1 fully saturated rings. The van der Waals surface area contributed by atoms with Crippen LogP contribution in [0.25, 0.3) is 0 Å². The van der Waals surface area contributed by atoms with Gasteiger partial charge in [0.25, 0.3) is 0 Å². The molecule has 16 heavy (non-hydrogen) atoms. The van der Waals surface area contributed by atoms with Crippen molar-refractivity contribution in [3.05, 3.63) is 18.2 Å². The Bertz CT molecular complexity index is 358. The van der Waals surface area contributed by atoms with Gasteiger partial charge in [0.05, 0.1) is 24.5 Å². The van der Waals surface area contributed by atoms with E-state index < -0.39 is 5.82 Å². The number of rotatable bonds is 3. The molecule has 0 saturated carbocycles. The van der Waals surface area contributed by atoms with Crippen molar-refractivity contribution in [2.24, 2.45) is 5.73 Å². The van der Waals surface area contributed by atoms with Crippen LogP contribution in [0.2, 0.25) is 0 Å². The Balaban J connectivity index is 2.06. The van der Waals surface area contributed by atoms with Gasteiger partial charge in [-0.1, -0.05) is 0 Å². The molecule has 2 N–H and O–H groups in total. The van der Waals surface area contributed by atoms with Crippen LogP contribution in [0.5, 0.6) is 0 Å². The van der Waals surface area contributed by atoms with Gasteiger partial charge in [-0.3, -0.25) is 0 Å². The minimum atomic E-state index is -0.432. The summed E-state index contributed by atoms with van der Waals surface area (Å²) in [5.41, 5.74) is 5.78. The highest BCUT2D eigenvalue weighted by atomic mass is 19.1. The van der Waals surface area contributed by atoms with Crippen LogP contribution in [0.3, 0.4) is 0 Å². The van der Waals surface area contributed by atoms with E-state index in [2.05, 4.69) is 9.97 Å². The molecule has 0 spiro atoms. The zero-order chi connectivity index (χ0) is 11.6. The fraction of sp³-hybridized carbons (Fsp3) is 0.600. The lowest BCUT2D eigenvalue weighted by Crippen LogP contribution is -2.46. The second-order valence-electron chi connectivity index (χ2n) is 4.17. The minimum absolute atomic E-state index is 0.355. The van der Waals surface area contributed by atoms with E-state index in [0.29, 0.717) is 19.1 Å². The van der Waals surface area contributed by atoms with Crippen LogP contribution in [0, 0.1) is 5.82 Å². The summed E-state index contributed by atoms with van der Waals surface area (Å²) >= 11 is 0. The van der Waals surface area contributed by atoms with Crippen LogP contribution in [0.15, 0.2) is 12.4 Å². The Hall–Kier alpha value is -1.27. The molecule has 5 nitrogen and oxygen atoms in total. The van der Waals surface area contributed by atoms with Gasteiger partial charge in [-0.25, -0.2) is 14.4 Å². The zero-order valence-electron chi connectivity index (χ0n) is 9.19. The lowest BCUT2D eigenvalue weighted by Gasteiger charge is -2.23. The number of nitrogens with two attached hydrogens (primary N) is 1. The van der Waals surface area contributed by atoms with E-state index in [0.717, 1.165) is 25.4 Å². The predicted molar refractivity (Wildman–Crippen MR) is 57.6 cm³/mol. The summed E-state index contributed by atoms with van der Waals surface area (Å²) in [5, 5.41) is 0. The summed E-state index contributed by atoms with van der Waals surface area (Å²) in [6.45, 7) is 1.91. The maximum absolute atomic E-state index is 12.7. The Morgan fingerprint density at radius 2 is 2.25 bits per heavy atom. The van der Waals surface area contributed by atoms with E-state index in [9.17, 15) is 4.39 Å². The first-order chi connectivity index (χ1) is 7.63. The number of aromatic nitrogens is 2. The van der Waals surface area contributed by atoms with Crippen molar-refractivity contribution in [3.8, 4) is 0 Å². The average molecular weight is 226 g/mol. The molecule has 1 aliphatic heterocycles. The molecule has 0 radical (unpaired) electrons. The zero-order valence-corrected chi connectivity index (χ0v) is 9.19. The van der Waals surface area contributed by atoms with E-state index in [4.69, 9.17) is 10.5 Å². The van der Waals surface area contributed by atoms with Crippen molar-refractivity contribution < 1.29 is 9.13 Å². The monoisotopic (exact) mass is 226 g/mol. The van der Waals surface area contributed by atoms with Gasteiger partial charge in [0.1, 0.15) is 0 Å². The highest BCUT2D eigenvalue weighted by Crippen LogP contribution is 2.22. The third-order valence-electron chi connectivity index (χ3n) is 2.71. The summed E-state index contributed by atoms with van der Waals surface area (Å²) in [7, 11) is 1.63. The Labute approximate surface area is 93.4 Å². The first-order valence-corrected chi connectivity index (χ1v) is 5.13. The number of halogens is 1. The summed E-state index contributed by atoms with van der Waals surface area (Å²) < 4.78 is 17.7. The molecule has 88 valence electrons. The third-order valence-corrected chi connectivity index (χ3v) is 2.71. The minimum Gasteiger partial charge on any atom is -0.383 e. The number of nitrogens with zero attached hydrogens (tertiary/aromatic N) is 3. The quantitative estimate of drug-likeness (QED) is 0.796. The number of ether oxygens (including phenoxy) is 1. The fourth-order valence-corrected chi connectivity index (χ4v) is 1.94. The molecule has 1 atom stereocenters. The van der Waals surface area contributed by atoms with Crippen LogP contribution in [-0.4, -0.2) is 42.3 Å². The standard InChI is InChI=1S/C10H15FN4O/c1-16-7-10(12)2-3-15(6-10)9-13-4-8(11)5-14-9/h4-5H,2-3,6-7,12H2,1H3. The van der Waals surface area contributed by atoms with Gasteiger partial charge in [-0.15, -0.1) is 0 Å². The second kappa shape index (κ2) is 4.31. The summed E-state index contributed by atoms with van der Waals surface area (Å²) in [6.07, 6.45) is 3.14. The molecule has 1 aliphatic rings. The summed E-state index contributed by atoms with van der Waals surface area (Å²) in [6, 6.07) is 0. The van der Waals surface area contributed by atoms with E-state index in [-0.39, 0.29) is 5.54 Å². The van der Waals surface area contributed by atoms with Crippen LogP contribution in [0.1, 0.15) is 6.42 Å². The van der Waals surface area contributed by atoms with Crippen LogP contribution in [-0.2, 0) is 4.74 Å². The van der Waals surface area contributed by atoms with E-state index in [1.54, 1.807) is 7.11 Å². The molecule has 6 heteroatoms. The topological polar surface area (TPSA) is 64.3 Å². The van der Waals surface area contributed by atoms with Crippen LogP contribution in [0.4, 0.5) is 10.3 Å². The Kier molecular flexibility index (Phi) is 3.02. The van der Waals surface area contributed by atoms with Crippen molar-refractivity contribution in [1.82, 2.24) is 9.97 Å². The highest BCUT2D eigenvalue weighted by Gasteiger charge is 2.35. The normalized spacial score (nSPS) is 25.1. The summed E-state index contributed by atoms with van der Waals surface area (Å²) in [4.78, 5) is 9.80. The van der Waals surface area contributed by atoms with Crippen molar-refractivity contribution >= 4 is 5.95 Å². The van der Waals surface area contributed by atoms with Gasteiger partial charge < -0.3 is 15.4 Å². The summed E-state index contributed by atoms with van der Waals surface area (Å²) in [5.74, 6) is 0.0867. The van der Waals surface area contributed by atoms with Crippen molar-refractivity contribution in [1.29, 1.82) is 0 Å². The lowest BCUT2D eigenvalue weighted by molar-refractivity contribution is 0.142. The Morgan fingerprint density at radius 3 is 2.88 bits per heavy atom. The van der Waals surface area contributed by atoms with E-state index in [1.807, 2.05) is 4.90 Å². The number of methoxy groups -OCH3 is 1. The van der Waals surface area contributed by atoms with Crippen LogP contribution >= 0.6 is 0 Å². The fourth-order valence-electron chi connectivity index (χ4n) is 1.94. The number of anilines is 1. The van der Waals surface area contributed by atoms with Gasteiger partial charge in [0.2, 0.25) is 5.95 Å². The molecule has 1 aromatic heterocycles. The molecule has 1 unspecified atom stereocenters. The maximum atomic E-state index is 12.7. The number of hydrogen-bond donors (Lipinski definition) is 1. The smallest absolute Gasteiger partial charge is 0.225 e. The maximum Gasteiger partial charge on any atom is 0.225 e. The molecule has 0 aliphatic carbocycles. The molecule has 2 rings (SSSR count). The first-order valence-electron chi connectivity index (χ1n) is 5.13. The van der Waals surface area contributed by atoms with Gasteiger partial charge in [0.15, 0.2) is 5.82 Å². The Morgan fingerprint density at radius 1 is 1.56 bits per heavy atom. The molecule has 0 amide bonds. The highest BCUT2D eigenvalue weighted by molar-refractivity contribution is 5.33.